The molecule has 1 aromatic rings. The number of hydrogen-bond donors (Lipinski definition) is 2. The minimum Gasteiger partial charge on any atom is -0.377 e. The van der Waals surface area contributed by atoms with Crippen molar-refractivity contribution in [3.8, 4) is 0 Å². The summed E-state index contributed by atoms with van der Waals surface area (Å²) in [6.07, 6.45) is 5.32. The van der Waals surface area contributed by atoms with Gasteiger partial charge in [-0.25, -0.2) is 4.99 Å². The molecule has 158 valence electrons. The lowest BCUT2D eigenvalue weighted by molar-refractivity contribution is 0.121. The van der Waals surface area contributed by atoms with Crippen molar-refractivity contribution in [1.82, 2.24) is 10.6 Å². The fourth-order valence-corrected chi connectivity index (χ4v) is 4.96. The quantitative estimate of drug-likeness (QED) is 0.352. The molecular formula is C22H37N3O2S. The SMILES string of the molecule is CCCOCc1ccccc1CN=C(NCC)NC1CCCC(S(=O)CC)C1. The Balaban J connectivity index is 1.99. The highest BCUT2D eigenvalue weighted by atomic mass is 32.2. The van der Waals surface area contributed by atoms with Crippen molar-refractivity contribution in [2.45, 2.75) is 77.3 Å². The first-order chi connectivity index (χ1) is 13.7. The van der Waals surface area contributed by atoms with Gasteiger partial charge in [-0.15, -0.1) is 0 Å². The van der Waals surface area contributed by atoms with E-state index in [1.165, 1.54) is 11.1 Å². The normalized spacial score (nSPS) is 21.3. The zero-order valence-electron chi connectivity index (χ0n) is 17.7. The lowest BCUT2D eigenvalue weighted by Gasteiger charge is -2.30. The van der Waals surface area contributed by atoms with Crippen LogP contribution in [0.3, 0.4) is 0 Å². The lowest BCUT2D eigenvalue weighted by Crippen LogP contribution is -2.46. The summed E-state index contributed by atoms with van der Waals surface area (Å²) < 4.78 is 17.9. The number of aliphatic imine (C=N–C) groups is 1. The maximum absolute atomic E-state index is 12.2. The van der Waals surface area contributed by atoms with Crippen LogP contribution >= 0.6 is 0 Å². The van der Waals surface area contributed by atoms with Crippen LogP contribution in [0.4, 0.5) is 0 Å². The molecule has 1 aliphatic rings. The summed E-state index contributed by atoms with van der Waals surface area (Å²) in [6, 6.07) is 8.69. The van der Waals surface area contributed by atoms with Gasteiger partial charge in [-0.1, -0.05) is 44.5 Å². The Bertz CT molecular complexity index is 636. The van der Waals surface area contributed by atoms with E-state index in [-0.39, 0.29) is 0 Å². The lowest BCUT2D eigenvalue weighted by atomic mass is 9.95. The van der Waals surface area contributed by atoms with Crippen LogP contribution in [0.1, 0.15) is 64.0 Å². The third kappa shape index (κ3) is 7.55. The molecule has 6 heteroatoms. The van der Waals surface area contributed by atoms with E-state index in [0.29, 0.717) is 24.4 Å². The highest BCUT2D eigenvalue weighted by Crippen LogP contribution is 2.23. The Morgan fingerprint density at radius 1 is 1.21 bits per heavy atom. The molecule has 0 radical (unpaired) electrons. The predicted molar refractivity (Wildman–Crippen MR) is 119 cm³/mol. The van der Waals surface area contributed by atoms with Crippen molar-refractivity contribution in [3.63, 3.8) is 0 Å². The minimum absolute atomic E-state index is 0.315. The van der Waals surface area contributed by atoms with Crippen molar-refractivity contribution in [2.24, 2.45) is 4.99 Å². The monoisotopic (exact) mass is 407 g/mol. The number of nitrogens with zero attached hydrogens (tertiary/aromatic N) is 1. The molecule has 0 aliphatic heterocycles. The van der Waals surface area contributed by atoms with Crippen LogP contribution in [0.2, 0.25) is 0 Å². The van der Waals surface area contributed by atoms with E-state index in [2.05, 4.69) is 48.7 Å². The van der Waals surface area contributed by atoms with E-state index in [1.807, 2.05) is 6.92 Å². The van der Waals surface area contributed by atoms with Gasteiger partial charge in [-0.3, -0.25) is 4.21 Å². The van der Waals surface area contributed by atoms with Crippen molar-refractivity contribution >= 4 is 16.8 Å². The third-order valence-corrected chi connectivity index (χ3v) is 6.84. The number of guanidine groups is 1. The molecular weight excluding hydrogens is 370 g/mol. The molecule has 1 aromatic carbocycles. The third-order valence-electron chi connectivity index (χ3n) is 5.10. The van der Waals surface area contributed by atoms with E-state index in [9.17, 15) is 4.21 Å². The summed E-state index contributed by atoms with van der Waals surface area (Å²) in [4.78, 5) is 4.82. The number of hydrogen-bond acceptors (Lipinski definition) is 3. The number of rotatable bonds is 10. The molecule has 0 aromatic heterocycles. The standard InChI is InChI=1S/C22H37N3O2S/c1-4-14-27-17-19-11-8-7-10-18(19)16-24-22(23-5-2)25-20-12-9-13-21(15-20)28(26)6-3/h7-8,10-11,20-21H,4-6,9,12-17H2,1-3H3,(H2,23,24,25). The number of nitrogens with one attached hydrogen (secondary N) is 2. The molecule has 3 unspecified atom stereocenters. The Morgan fingerprint density at radius 2 is 2.00 bits per heavy atom. The maximum atomic E-state index is 12.2. The first kappa shape index (κ1) is 22.9. The van der Waals surface area contributed by atoms with Crippen LogP contribution in [0.15, 0.2) is 29.3 Å². The van der Waals surface area contributed by atoms with Crippen LogP contribution < -0.4 is 10.6 Å². The van der Waals surface area contributed by atoms with Gasteiger partial charge in [-0.2, -0.15) is 0 Å². The van der Waals surface area contributed by atoms with Crippen molar-refractivity contribution in [1.29, 1.82) is 0 Å². The van der Waals surface area contributed by atoms with E-state index in [0.717, 1.165) is 57.0 Å². The van der Waals surface area contributed by atoms with Crippen LogP contribution in [-0.4, -0.2) is 40.4 Å². The molecule has 3 atom stereocenters. The second kappa shape index (κ2) is 12.9. The van der Waals surface area contributed by atoms with Crippen molar-refractivity contribution < 1.29 is 8.95 Å². The Kier molecular flexibility index (Phi) is 10.6. The van der Waals surface area contributed by atoms with E-state index in [1.54, 1.807) is 0 Å². The van der Waals surface area contributed by atoms with Gasteiger partial charge >= 0.3 is 0 Å². The van der Waals surface area contributed by atoms with Gasteiger partial charge < -0.3 is 15.4 Å². The minimum atomic E-state index is -0.708. The molecule has 1 fully saturated rings. The molecule has 28 heavy (non-hydrogen) atoms. The largest absolute Gasteiger partial charge is 0.377 e. The molecule has 5 nitrogen and oxygen atoms in total. The van der Waals surface area contributed by atoms with Gasteiger partial charge in [0.2, 0.25) is 0 Å². The highest BCUT2D eigenvalue weighted by molar-refractivity contribution is 7.85. The maximum Gasteiger partial charge on any atom is 0.191 e. The summed E-state index contributed by atoms with van der Waals surface area (Å²) in [5.41, 5.74) is 2.40. The summed E-state index contributed by atoms with van der Waals surface area (Å²) in [7, 11) is -0.708. The van der Waals surface area contributed by atoms with E-state index in [4.69, 9.17) is 9.73 Å². The van der Waals surface area contributed by atoms with E-state index >= 15 is 0 Å². The molecule has 0 spiro atoms. The van der Waals surface area contributed by atoms with Gasteiger partial charge in [0.05, 0.1) is 13.2 Å². The topological polar surface area (TPSA) is 62.7 Å². The second-order valence-electron chi connectivity index (χ2n) is 7.32. The summed E-state index contributed by atoms with van der Waals surface area (Å²) in [6.45, 7) is 9.08. The van der Waals surface area contributed by atoms with Gasteiger partial charge in [0, 0.05) is 41.0 Å². The first-order valence-corrected chi connectivity index (χ1v) is 12.1. The fraction of sp³-hybridized carbons (Fsp3) is 0.682. The van der Waals surface area contributed by atoms with Gasteiger partial charge in [0.25, 0.3) is 0 Å². The molecule has 2 rings (SSSR count). The van der Waals surface area contributed by atoms with E-state index < -0.39 is 10.8 Å². The molecule has 2 N–H and O–H groups in total. The molecule has 0 amide bonds. The van der Waals surface area contributed by atoms with Crippen molar-refractivity contribution in [3.05, 3.63) is 35.4 Å². The second-order valence-corrected chi connectivity index (χ2v) is 9.32. The van der Waals surface area contributed by atoms with Crippen LogP contribution in [0, 0.1) is 0 Å². The van der Waals surface area contributed by atoms with Gasteiger partial charge in [0.1, 0.15) is 0 Å². The highest BCUT2D eigenvalue weighted by Gasteiger charge is 2.26. The first-order valence-electron chi connectivity index (χ1n) is 10.7. The van der Waals surface area contributed by atoms with Crippen LogP contribution in [0.25, 0.3) is 0 Å². The molecule has 1 aliphatic carbocycles. The van der Waals surface area contributed by atoms with Crippen LogP contribution in [-0.2, 0) is 28.7 Å². The zero-order chi connectivity index (χ0) is 20.2. The smallest absolute Gasteiger partial charge is 0.191 e. The Labute approximate surface area is 173 Å². The zero-order valence-corrected chi connectivity index (χ0v) is 18.5. The molecule has 1 saturated carbocycles. The number of benzene rings is 1. The fourth-order valence-electron chi connectivity index (χ4n) is 3.61. The predicted octanol–water partition coefficient (Wildman–Crippen LogP) is 3.75. The average molecular weight is 408 g/mol. The van der Waals surface area contributed by atoms with Gasteiger partial charge in [0.15, 0.2) is 5.96 Å². The summed E-state index contributed by atoms with van der Waals surface area (Å²) >= 11 is 0. The molecule has 0 heterocycles. The van der Waals surface area contributed by atoms with Gasteiger partial charge in [-0.05, 0) is 43.7 Å². The summed E-state index contributed by atoms with van der Waals surface area (Å²) in [5.74, 6) is 1.60. The number of ether oxygens (including phenoxy) is 1. The van der Waals surface area contributed by atoms with Crippen LogP contribution in [0.5, 0.6) is 0 Å². The molecule has 0 bridgehead atoms. The average Bonchev–Trinajstić information content (AvgIpc) is 2.73. The summed E-state index contributed by atoms with van der Waals surface area (Å²) in [5, 5.41) is 7.26. The Morgan fingerprint density at radius 3 is 2.71 bits per heavy atom. The molecule has 0 saturated heterocycles. The van der Waals surface area contributed by atoms with Crippen molar-refractivity contribution in [2.75, 3.05) is 18.9 Å². The Hall–Kier alpha value is -1.40.